The number of methoxy groups -OCH3 is 2. The van der Waals surface area contributed by atoms with Crippen LogP contribution in [0.5, 0.6) is 11.5 Å². The zero-order valence-electron chi connectivity index (χ0n) is 20.4. The van der Waals surface area contributed by atoms with Crippen molar-refractivity contribution in [3.63, 3.8) is 0 Å². The molecule has 0 aliphatic rings. The Labute approximate surface area is 198 Å². The van der Waals surface area contributed by atoms with Crippen LogP contribution < -0.4 is 26.1 Å². The van der Waals surface area contributed by atoms with E-state index in [1.54, 1.807) is 38.1 Å². The highest BCUT2D eigenvalue weighted by molar-refractivity contribution is 5.84. The van der Waals surface area contributed by atoms with Gasteiger partial charge in [-0.25, -0.2) is 10.2 Å². The lowest BCUT2D eigenvalue weighted by molar-refractivity contribution is 0.394. The van der Waals surface area contributed by atoms with Gasteiger partial charge in [-0.15, -0.1) is 0 Å². The maximum atomic E-state index is 12.6. The molecule has 2 aromatic heterocycles. The first-order valence-electron chi connectivity index (χ1n) is 11.7. The minimum absolute atomic E-state index is 0.316. The van der Waals surface area contributed by atoms with E-state index in [1.165, 1.54) is 30.3 Å². The predicted octanol–water partition coefficient (Wildman–Crippen LogP) is 3.64. The fourth-order valence-electron chi connectivity index (χ4n) is 3.85. The molecule has 3 rings (SSSR count). The van der Waals surface area contributed by atoms with E-state index in [9.17, 15) is 9.59 Å². The van der Waals surface area contributed by atoms with Crippen molar-refractivity contribution >= 4 is 23.3 Å². The number of nitrogens with zero attached hydrogens (tertiary/aromatic N) is 4. The number of benzene rings is 1. The van der Waals surface area contributed by atoms with Gasteiger partial charge < -0.3 is 14.0 Å². The molecular weight excluding hydrogens is 436 g/mol. The van der Waals surface area contributed by atoms with Gasteiger partial charge in [0.1, 0.15) is 11.5 Å². The molecule has 184 valence electrons. The normalized spacial score (nSPS) is 11.4. The molecule has 10 heteroatoms. The van der Waals surface area contributed by atoms with Crippen molar-refractivity contribution in [2.45, 2.75) is 58.4 Å². The monoisotopic (exact) mass is 470 g/mol. The van der Waals surface area contributed by atoms with Crippen molar-refractivity contribution in [2.24, 2.45) is 12.1 Å². The summed E-state index contributed by atoms with van der Waals surface area (Å²) in [4.78, 5) is 31.5. The Morgan fingerprint density at radius 2 is 1.82 bits per heavy atom. The van der Waals surface area contributed by atoms with Crippen LogP contribution >= 0.6 is 0 Å². The summed E-state index contributed by atoms with van der Waals surface area (Å²) in [6.07, 6.45) is 9.67. The number of anilines is 1. The number of aryl methyl sites for hydroxylation is 2. The van der Waals surface area contributed by atoms with Crippen LogP contribution in [0.4, 0.5) is 5.95 Å². The fourth-order valence-corrected chi connectivity index (χ4v) is 3.85. The van der Waals surface area contributed by atoms with Crippen molar-refractivity contribution in [2.75, 3.05) is 19.6 Å². The summed E-state index contributed by atoms with van der Waals surface area (Å²) in [6.45, 7) is 2.80. The number of hydrogen-bond donors (Lipinski definition) is 2. The molecule has 0 saturated heterocycles. The molecule has 0 aliphatic heterocycles. The van der Waals surface area contributed by atoms with Crippen LogP contribution in [-0.4, -0.2) is 39.5 Å². The first-order chi connectivity index (χ1) is 16.5. The number of aromatic amines is 1. The van der Waals surface area contributed by atoms with Gasteiger partial charge in [0.15, 0.2) is 11.2 Å². The van der Waals surface area contributed by atoms with E-state index >= 15 is 0 Å². The van der Waals surface area contributed by atoms with Gasteiger partial charge in [0.05, 0.1) is 20.4 Å². The SMILES string of the molecule is CCCCCCCCCn1c(N/N=C/c2ccc(OC)cc2OC)nc2c1c(=O)[nH]c(=O)n2C. The highest BCUT2D eigenvalue weighted by atomic mass is 16.5. The summed E-state index contributed by atoms with van der Waals surface area (Å²) < 4.78 is 13.8. The number of fused-ring (bicyclic) bond motifs is 1. The van der Waals surface area contributed by atoms with E-state index in [2.05, 4.69) is 27.4 Å². The fraction of sp³-hybridized carbons (Fsp3) is 0.500. The molecule has 0 unspecified atom stereocenters. The minimum Gasteiger partial charge on any atom is -0.497 e. The average Bonchev–Trinajstić information content (AvgIpc) is 3.21. The molecule has 0 radical (unpaired) electrons. The Kier molecular flexibility index (Phi) is 8.89. The lowest BCUT2D eigenvalue weighted by Gasteiger charge is -2.09. The summed E-state index contributed by atoms with van der Waals surface area (Å²) in [5, 5.41) is 4.31. The molecule has 3 aromatic rings. The van der Waals surface area contributed by atoms with E-state index in [4.69, 9.17) is 9.47 Å². The molecule has 0 bridgehead atoms. The largest absolute Gasteiger partial charge is 0.497 e. The molecule has 0 atom stereocenters. The maximum absolute atomic E-state index is 12.6. The van der Waals surface area contributed by atoms with Gasteiger partial charge >= 0.3 is 5.69 Å². The maximum Gasteiger partial charge on any atom is 0.329 e. The summed E-state index contributed by atoms with van der Waals surface area (Å²) >= 11 is 0. The van der Waals surface area contributed by atoms with E-state index in [0.29, 0.717) is 35.2 Å². The number of nitrogens with one attached hydrogen (secondary N) is 2. The van der Waals surface area contributed by atoms with Gasteiger partial charge in [-0.2, -0.15) is 10.1 Å². The second-order valence-electron chi connectivity index (χ2n) is 8.18. The van der Waals surface area contributed by atoms with Crippen molar-refractivity contribution in [3.8, 4) is 11.5 Å². The molecule has 0 amide bonds. The number of imidazole rings is 1. The molecule has 0 fully saturated rings. The number of rotatable bonds is 13. The Hall–Kier alpha value is -3.56. The van der Waals surface area contributed by atoms with Crippen molar-refractivity contribution in [1.29, 1.82) is 0 Å². The van der Waals surface area contributed by atoms with Gasteiger partial charge in [0.2, 0.25) is 5.95 Å². The summed E-state index contributed by atoms with van der Waals surface area (Å²) in [6, 6.07) is 5.42. The van der Waals surface area contributed by atoms with Crippen molar-refractivity contribution in [1.82, 2.24) is 19.1 Å². The van der Waals surface area contributed by atoms with Gasteiger partial charge in [-0.05, 0) is 18.6 Å². The third-order valence-electron chi connectivity index (χ3n) is 5.80. The van der Waals surface area contributed by atoms with Crippen LogP contribution in [0, 0.1) is 0 Å². The molecule has 10 nitrogen and oxygen atoms in total. The van der Waals surface area contributed by atoms with Crippen LogP contribution in [-0.2, 0) is 13.6 Å². The zero-order valence-corrected chi connectivity index (χ0v) is 20.4. The van der Waals surface area contributed by atoms with Crippen molar-refractivity contribution < 1.29 is 9.47 Å². The molecular formula is C24H34N6O4. The summed E-state index contributed by atoms with van der Waals surface area (Å²) in [5.41, 5.74) is 3.40. The summed E-state index contributed by atoms with van der Waals surface area (Å²) in [7, 11) is 4.75. The quantitative estimate of drug-likeness (QED) is 0.224. The number of hydrazone groups is 1. The van der Waals surface area contributed by atoms with E-state index in [0.717, 1.165) is 24.8 Å². The Morgan fingerprint density at radius 1 is 1.09 bits per heavy atom. The van der Waals surface area contributed by atoms with Crippen LogP contribution in [0.1, 0.15) is 57.4 Å². The van der Waals surface area contributed by atoms with Crippen LogP contribution in [0.2, 0.25) is 0 Å². The number of H-pyrrole nitrogens is 1. The van der Waals surface area contributed by atoms with Gasteiger partial charge in [-0.1, -0.05) is 45.4 Å². The summed E-state index contributed by atoms with van der Waals surface area (Å²) in [5.74, 6) is 1.69. The minimum atomic E-state index is -0.504. The van der Waals surface area contributed by atoms with E-state index < -0.39 is 11.2 Å². The topological polar surface area (TPSA) is 116 Å². The number of aromatic nitrogens is 4. The lowest BCUT2D eigenvalue weighted by atomic mass is 10.1. The van der Waals surface area contributed by atoms with E-state index in [-0.39, 0.29) is 0 Å². The zero-order chi connectivity index (χ0) is 24.5. The third kappa shape index (κ3) is 5.86. The lowest BCUT2D eigenvalue weighted by Crippen LogP contribution is -2.29. The molecule has 2 heterocycles. The second kappa shape index (κ2) is 12.1. The third-order valence-corrected chi connectivity index (χ3v) is 5.80. The van der Waals surface area contributed by atoms with Gasteiger partial charge in [-0.3, -0.25) is 14.3 Å². The second-order valence-corrected chi connectivity index (χ2v) is 8.18. The van der Waals surface area contributed by atoms with Crippen LogP contribution in [0.25, 0.3) is 11.2 Å². The Morgan fingerprint density at radius 3 is 2.53 bits per heavy atom. The van der Waals surface area contributed by atoms with Gasteiger partial charge in [0, 0.05) is 25.2 Å². The number of unbranched alkanes of at least 4 members (excludes halogenated alkanes) is 6. The van der Waals surface area contributed by atoms with Crippen LogP contribution in [0.3, 0.4) is 0 Å². The number of ether oxygens (including phenoxy) is 2. The Bertz CT molecular complexity index is 1240. The van der Waals surface area contributed by atoms with Gasteiger partial charge in [0.25, 0.3) is 5.56 Å². The molecule has 2 N–H and O–H groups in total. The molecule has 0 aliphatic carbocycles. The Balaban J connectivity index is 1.83. The predicted molar refractivity (Wildman–Crippen MR) is 134 cm³/mol. The van der Waals surface area contributed by atoms with E-state index in [1.807, 2.05) is 12.1 Å². The molecule has 0 spiro atoms. The average molecular weight is 471 g/mol. The molecule has 0 saturated carbocycles. The molecule has 34 heavy (non-hydrogen) atoms. The first kappa shape index (κ1) is 25.1. The standard InChI is InChI=1S/C24H34N6O4/c1-5-6-7-8-9-10-11-14-30-20-21(29(2)24(32)27-22(20)31)26-23(30)28-25-16-17-12-13-18(33-3)15-19(17)34-4/h12-13,15-16H,5-11,14H2,1-4H3,(H,26,28)(H,27,31,32)/b25-16+. The highest BCUT2D eigenvalue weighted by Gasteiger charge is 2.17. The smallest absolute Gasteiger partial charge is 0.329 e. The van der Waals surface area contributed by atoms with Crippen LogP contribution in [0.15, 0.2) is 32.9 Å². The molecule has 1 aromatic carbocycles. The first-order valence-corrected chi connectivity index (χ1v) is 11.7. The van der Waals surface area contributed by atoms with Crippen molar-refractivity contribution in [3.05, 3.63) is 44.6 Å². The highest BCUT2D eigenvalue weighted by Crippen LogP contribution is 2.23. The number of hydrogen-bond acceptors (Lipinski definition) is 7.